The van der Waals surface area contributed by atoms with Gasteiger partial charge in [0, 0.05) is 11.7 Å². The van der Waals surface area contributed by atoms with E-state index in [0.717, 1.165) is 18.7 Å². The molecule has 1 aromatic heterocycles. The highest BCUT2D eigenvalue weighted by atomic mass is 16.5. The average Bonchev–Trinajstić information content (AvgIpc) is 2.37. The number of likely N-dealkylation sites (tertiary alicyclic amines) is 1. The van der Waals surface area contributed by atoms with Gasteiger partial charge in [-0.25, -0.2) is 4.98 Å². The molecule has 1 aliphatic rings. The molecule has 1 saturated heterocycles. The Hall–Kier alpha value is -1.67. The minimum Gasteiger partial charge on any atom is -0.462 e. The lowest BCUT2D eigenvalue weighted by molar-refractivity contribution is 0.119. The van der Waals surface area contributed by atoms with Crippen LogP contribution in [0.2, 0.25) is 0 Å². The number of aryl methyl sites for hydroxylation is 1. The molecule has 2 rings (SSSR count). The van der Waals surface area contributed by atoms with E-state index in [-0.39, 0.29) is 0 Å². The van der Waals surface area contributed by atoms with Crippen molar-refractivity contribution < 1.29 is 4.74 Å². The van der Waals surface area contributed by atoms with E-state index < -0.39 is 0 Å². The van der Waals surface area contributed by atoms with Crippen LogP contribution in [0.5, 0.6) is 6.01 Å². The number of likely N-dealkylation sites (N-methyl/N-ethyl adjacent to an activating group) is 1. The highest BCUT2D eigenvalue weighted by molar-refractivity contribution is 5.23. The Balaban J connectivity index is 1.97. The molecule has 2 heterocycles. The molecule has 18 heavy (non-hydrogen) atoms. The molecule has 1 unspecified atom stereocenters. The summed E-state index contributed by atoms with van der Waals surface area (Å²) < 4.78 is 5.62. The molecule has 5 nitrogen and oxygen atoms in total. The molecule has 0 spiro atoms. The maximum absolute atomic E-state index is 8.84. The number of nitriles is 1. The lowest BCUT2D eigenvalue weighted by Gasteiger charge is -2.31. The first-order chi connectivity index (χ1) is 8.69. The SMILES string of the molecule is Cc1cc(C#N)nc(OCC2CCCCN2C)n1. The van der Waals surface area contributed by atoms with E-state index in [1.165, 1.54) is 12.8 Å². The van der Waals surface area contributed by atoms with Crippen molar-refractivity contribution in [1.82, 2.24) is 14.9 Å². The lowest BCUT2D eigenvalue weighted by atomic mass is 10.0. The zero-order chi connectivity index (χ0) is 13.0. The fourth-order valence-electron chi connectivity index (χ4n) is 2.19. The van der Waals surface area contributed by atoms with Crippen LogP contribution < -0.4 is 4.74 Å². The Morgan fingerprint density at radius 2 is 2.33 bits per heavy atom. The van der Waals surface area contributed by atoms with Crippen LogP contribution in [0.3, 0.4) is 0 Å². The second kappa shape index (κ2) is 5.78. The second-order valence-corrected chi connectivity index (χ2v) is 4.73. The first-order valence-corrected chi connectivity index (χ1v) is 6.28. The summed E-state index contributed by atoms with van der Waals surface area (Å²) in [6.07, 6.45) is 3.65. The number of piperidine rings is 1. The zero-order valence-corrected chi connectivity index (χ0v) is 10.9. The Morgan fingerprint density at radius 3 is 3.06 bits per heavy atom. The molecule has 0 aromatic carbocycles. The van der Waals surface area contributed by atoms with E-state index in [1.807, 2.05) is 13.0 Å². The molecular formula is C13H18N4O. The van der Waals surface area contributed by atoms with Gasteiger partial charge in [-0.2, -0.15) is 10.2 Å². The normalized spacial score (nSPS) is 20.4. The topological polar surface area (TPSA) is 62.0 Å². The summed E-state index contributed by atoms with van der Waals surface area (Å²) in [5, 5.41) is 8.84. The molecule has 1 aliphatic heterocycles. The fourth-order valence-corrected chi connectivity index (χ4v) is 2.19. The molecule has 0 N–H and O–H groups in total. The molecule has 1 fully saturated rings. The molecule has 0 radical (unpaired) electrons. The third-order valence-corrected chi connectivity index (χ3v) is 3.27. The lowest BCUT2D eigenvalue weighted by Crippen LogP contribution is -2.40. The van der Waals surface area contributed by atoms with Crippen LogP contribution in [0.1, 0.15) is 30.7 Å². The molecule has 1 atom stereocenters. The van der Waals surface area contributed by atoms with E-state index >= 15 is 0 Å². The molecule has 5 heteroatoms. The Bertz CT molecular complexity index is 455. The predicted molar refractivity (Wildman–Crippen MR) is 67.2 cm³/mol. The summed E-state index contributed by atoms with van der Waals surface area (Å²) in [6.45, 7) is 3.54. The van der Waals surface area contributed by atoms with Gasteiger partial charge in [0.1, 0.15) is 18.4 Å². The molecular weight excluding hydrogens is 228 g/mol. The highest BCUT2D eigenvalue weighted by Gasteiger charge is 2.19. The van der Waals surface area contributed by atoms with Gasteiger partial charge in [0.25, 0.3) is 0 Å². The summed E-state index contributed by atoms with van der Waals surface area (Å²) in [5.74, 6) is 0. The molecule has 1 aromatic rings. The van der Waals surface area contributed by atoms with Crippen LogP contribution in [-0.4, -0.2) is 41.1 Å². The van der Waals surface area contributed by atoms with E-state index in [9.17, 15) is 0 Å². The first kappa shape index (κ1) is 12.8. The third kappa shape index (κ3) is 3.17. The Morgan fingerprint density at radius 1 is 1.50 bits per heavy atom. The van der Waals surface area contributed by atoms with Gasteiger partial charge in [0.2, 0.25) is 0 Å². The van der Waals surface area contributed by atoms with Crippen LogP contribution >= 0.6 is 0 Å². The molecule has 0 aliphatic carbocycles. The number of nitrogens with zero attached hydrogens (tertiary/aromatic N) is 4. The maximum atomic E-state index is 8.84. The minimum absolute atomic E-state index is 0.311. The van der Waals surface area contributed by atoms with Gasteiger partial charge in [-0.15, -0.1) is 0 Å². The molecule has 0 amide bonds. The van der Waals surface area contributed by atoms with Crippen LogP contribution in [0.25, 0.3) is 0 Å². The number of aromatic nitrogens is 2. The van der Waals surface area contributed by atoms with Gasteiger partial charge in [-0.1, -0.05) is 6.42 Å². The summed E-state index contributed by atoms with van der Waals surface area (Å²) >= 11 is 0. The number of rotatable bonds is 3. The van der Waals surface area contributed by atoms with Crippen molar-refractivity contribution in [3.8, 4) is 12.1 Å². The van der Waals surface area contributed by atoms with Crippen LogP contribution in [0, 0.1) is 18.3 Å². The van der Waals surface area contributed by atoms with Gasteiger partial charge >= 0.3 is 6.01 Å². The van der Waals surface area contributed by atoms with E-state index in [1.54, 1.807) is 6.07 Å². The van der Waals surface area contributed by atoms with E-state index in [2.05, 4.69) is 21.9 Å². The zero-order valence-electron chi connectivity index (χ0n) is 10.9. The van der Waals surface area contributed by atoms with Gasteiger partial charge in [-0.3, -0.25) is 0 Å². The van der Waals surface area contributed by atoms with E-state index in [0.29, 0.717) is 24.4 Å². The van der Waals surface area contributed by atoms with Crippen LogP contribution in [-0.2, 0) is 0 Å². The van der Waals surface area contributed by atoms with Gasteiger partial charge < -0.3 is 9.64 Å². The second-order valence-electron chi connectivity index (χ2n) is 4.73. The van der Waals surface area contributed by atoms with Gasteiger partial charge in [-0.05, 0) is 39.4 Å². The van der Waals surface area contributed by atoms with Gasteiger partial charge in [0.05, 0.1) is 0 Å². The van der Waals surface area contributed by atoms with Crippen molar-refractivity contribution in [3.63, 3.8) is 0 Å². The molecule has 0 saturated carbocycles. The van der Waals surface area contributed by atoms with Crippen molar-refractivity contribution in [3.05, 3.63) is 17.5 Å². The Kier molecular flexibility index (Phi) is 4.11. The maximum Gasteiger partial charge on any atom is 0.317 e. The van der Waals surface area contributed by atoms with Crippen molar-refractivity contribution in [2.24, 2.45) is 0 Å². The molecule has 96 valence electrons. The summed E-state index contributed by atoms with van der Waals surface area (Å²) in [4.78, 5) is 10.5. The first-order valence-electron chi connectivity index (χ1n) is 6.28. The average molecular weight is 246 g/mol. The summed E-state index contributed by atoms with van der Waals surface area (Å²) in [7, 11) is 2.12. The summed E-state index contributed by atoms with van der Waals surface area (Å²) in [5.41, 5.74) is 1.11. The number of ether oxygens (including phenoxy) is 1. The largest absolute Gasteiger partial charge is 0.462 e. The predicted octanol–water partition coefficient (Wildman–Crippen LogP) is 1.52. The number of hydrogen-bond donors (Lipinski definition) is 0. The van der Waals surface area contributed by atoms with Crippen molar-refractivity contribution in [2.45, 2.75) is 32.2 Å². The summed E-state index contributed by atoms with van der Waals surface area (Å²) in [6, 6.07) is 4.40. The standard InChI is InChI=1S/C13H18N4O/c1-10-7-11(8-14)16-13(15-10)18-9-12-5-3-4-6-17(12)2/h7,12H,3-6,9H2,1-2H3. The van der Waals surface area contributed by atoms with Crippen molar-refractivity contribution in [1.29, 1.82) is 5.26 Å². The monoisotopic (exact) mass is 246 g/mol. The van der Waals surface area contributed by atoms with Crippen LogP contribution in [0.4, 0.5) is 0 Å². The fraction of sp³-hybridized carbons (Fsp3) is 0.615. The minimum atomic E-state index is 0.311. The van der Waals surface area contributed by atoms with Crippen LogP contribution in [0.15, 0.2) is 6.07 Å². The third-order valence-electron chi connectivity index (χ3n) is 3.27. The highest BCUT2D eigenvalue weighted by Crippen LogP contribution is 2.16. The smallest absolute Gasteiger partial charge is 0.317 e. The van der Waals surface area contributed by atoms with Gasteiger partial charge in [0.15, 0.2) is 0 Å². The van der Waals surface area contributed by atoms with Crippen molar-refractivity contribution in [2.75, 3.05) is 20.2 Å². The Labute approximate surface area is 107 Å². The van der Waals surface area contributed by atoms with E-state index in [4.69, 9.17) is 10.00 Å². The molecule has 0 bridgehead atoms. The number of hydrogen-bond acceptors (Lipinski definition) is 5. The quantitative estimate of drug-likeness (QED) is 0.809. The van der Waals surface area contributed by atoms with Crippen molar-refractivity contribution >= 4 is 0 Å².